The van der Waals surface area contributed by atoms with Gasteiger partial charge in [-0.25, -0.2) is 8.78 Å². The molecule has 2 amide bonds. The predicted octanol–water partition coefficient (Wildman–Crippen LogP) is 3.26. The number of halogens is 2. The lowest BCUT2D eigenvalue weighted by Gasteiger charge is -2.11. The molecule has 1 aromatic heterocycles. The van der Waals surface area contributed by atoms with Gasteiger partial charge in [-0.05, 0) is 43.4 Å². The fourth-order valence-corrected chi connectivity index (χ4v) is 4.08. The van der Waals surface area contributed by atoms with Gasteiger partial charge in [0.25, 0.3) is 11.8 Å². The van der Waals surface area contributed by atoms with Gasteiger partial charge in [0.1, 0.15) is 22.2 Å². The van der Waals surface area contributed by atoms with Crippen molar-refractivity contribution in [3.05, 3.63) is 51.4 Å². The SMILES string of the molecule is NC(=O)c1c(NC(=O)c2c(F)cccc2F)sc2c1CCCC2. The van der Waals surface area contributed by atoms with Crippen molar-refractivity contribution >= 4 is 28.2 Å². The molecule has 0 atom stereocenters. The summed E-state index contributed by atoms with van der Waals surface area (Å²) in [6.07, 6.45) is 3.47. The molecule has 0 radical (unpaired) electrons. The first kappa shape index (κ1) is 15.6. The highest BCUT2D eigenvalue weighted by Crippen LogP contribution is 2.38. The molecule has 0 aliphatic heterocycles. The van der Waals surface area contributed by atoms with E-state index in [2.05, 4.69) is 5.32 Å². The average Bonchev–Trinajstić information content (AvgIpc) is 2.84. The first-order valence-electron chi connectivity index (χ1n) is 7.18. The lowest BCUT2D eigenvalue weighted by atomic mass is 9.95. The third kappa shape index (κ3) is 2.84. The van der Waals surface area contributed by atoms with Crippen LogP contribution in [0.3, 0.4) is 0 Å². The van der Waals surface area contributed by atoms with Crippen LogP contribution >= 0.6 is 11.3 Å². The number of carbonyl (C=O) groups is 2. The zero-order valence-corrected chi connectivity index (χ0v) is 12.9. The molecule has 1 aliphatic carbocycles. The van der Waals surface area contributed by atoms with Crippen molar-refractivity contribution in [2.45, 2.75) is 25.7 Å². The summed E-state index contributed by atoms with van der Waals surface area (Å²) in [7, 11) is 0. The Morgan fingerprint density at radius 1 is 1.09 bits per heavy atom. The van der Waals surface area contributed by atoms with Gasteiger partial charge in [0.05, 0.1) is 5.56 Å². The van der Waals surface area contributed by atoms with Gasteiger partial charge in [-0.2, -0.15) is 0 Å². The average molecular weight is 336 g/mol. The Hall–Kier alpha value is -2.28. The van der Waals surface area contributed by atoms with Crippen LogP contribution in [0.4, 0.5) is 13.8 Å². The molecular formula is C16H14F2N2O2S. The largest absolute Gasteiger partial charge is 0.365 e. The Morgan fingerprint density at radius 2 is 1.74 bits per heavy atom. The highest BCUT2D eigenvalue weighted by Gasteiger charge is 2.26. The molecule has 1 aliphatic rings. The van der Waals surface area contributed by atoms with Crippen LogP contribution in [-0.4, -0.2) is 11.8 Å². The second-order valence-corrected chi connectivity index (χ2v) is 6.44. The zero-order chi connectivity index (χ0) is 16.6. The zero-order valence-electron chi connectivity index (χ0n) is 12.1. The van der Waals surface area contributed by atoms with E-state index in [0.717, 1.165) is 41.8 Å². The second-order valence-electron chi connectivity index (χ2n) is 5.33. The van der Waals surface area contributed by atoms with E-state index in [4.69, 9.17) is 5.73 Å². The van der Waals surface area contributed by atoms with Crippen LogP contribution < -0.4 is 11.1 Å². The number of primary amides is 1. The molecule has 0 spiro atoms. The van der Waals surface area contributed by atoms with E-state index < -0.39 is 29.0 Å². The Balaban J connectivity index is 1.98. The Bertz CT molecular complexity index is 781. The molecule has 0 bridgehead atoms. The summed E-state index contributed by atoms with van der Waals surface area (Å²) in [6.45, 7) is 0. The van der Waals surface area contributed by atoms with Crippen molar-refractivity contribution in [2.75, 3.05) is 5.32 Å². The lowest BCUT2D eigenvalue weighted by molar-refractivity contribution is 0.100. The summed E-state index contributed by atoms with van der Waals surface area (Å²) in [5.74, 6) is -3.48. The van der Waals surface area contributed by atoms with E-state index in [1.807, 2.05) is 0 Å². The number of amides is 2. The minimum Gasteiger partial charge on any atom is -0.365 e. The normalized spacial score (nSPS) is 13.5. The van der Waals surface area contributed by atoms with Gasteiger partial charge >= 0.3 is 0 Å². The van der Waals surface area contributed by atoms with Gasteiger partial charge in [-0.1, -0.05) is 6.07 Å². The number of hydrogen-bond acceptors (Lipinski definition) is 3. The second kappa shape index (κ2) is 6.08. The maximum absolute atomic E-state index is 13.7. The number of aryl methyl sites for hydroxylation is 1. The van der Waals surface area contributed by atoms with Gasteiger partial charge in [0.15, 0.2) is 0 Å². The monoisotopic (exact) mass is 336 g/mol. The molecule has 0 saturated heterocycles. The van der Waals surface area contributed by atoms with Crippen molar-refractivity contribution in [3.8, 4) is 0 Å². The smallest absolute Gasteiger partial charge is 0.262 e. The molecule has 0 fully saturated rings. The summed E-state index contributed by atoms with van der Waals surface area (Å²) in [4.78, 5) is 24.9. The van der Waals surface area contributed by atoms with E-state index in [0.29, 0.717) is 6.42 Å². The predicted molar refractivity (Wildman–Crippen MR) is 83.8 cm³/mol. The molecule has 1 heterocycles. The Labute approximate surface area is 135 Å². The maximum atomic E-state index is 13.7. The Morgan fingerprint density at radius 3 is 2.39 bits per heavy atom. The molecule has 1 aromatic carbocycles. The van der Waals surface area contributed by atoms with Crippen LogP contribution in [0.5, 0.6) is 0 Å². The lowest BCUT2D eigenvalue weighted by Crippen LogP contribution is -2.20. The van der Waals surface area contributed by atoms with Gasteiger partial charge < -0.3 is 11.1 Å². The number of benzene rings is 1. The molecule has 0 unspecified atom stereocenters. The third-order valence-electron chi connectivity index (χ3n) is 3.83. The first-order chi connectivity index (χ1) is 11.0. The van der Waals surface area contributed by atoms with Crippen molar-refractivity contribution < 1.29 is 18.4 Å². The Kier molecular flexibility index (Phi) is 4.12. The summed E-state index contributed by atoms with van der Waals surface area (Å²) < 4.78 is 27.4. The van der Waals surface area contributed by atoms with Crippen LogP contribution in [0.15, 0.2) is 18.2 Å². The summed E-state index contributed by atoms with van der Waals surface area (Å²) in [6, 6.07) is 3.19. The number of carbonyl (C=O) groups excluding carboxylic acids is 2. The van der Waals surface area contributed by atoms with E-state index in [1.165, 1.54) is 17.4 Å². The minimum atomic E-state index is -0.954. The van der Waals surface area contributed by atoms with Crippen LogP contribution in [0.1, 0.15) is 44.0 Å². The third-order valence-corrected chi connectivity index (χ3v) is 5.04. The molecular weight excluding hydrogens is 322 g/mol. The number of hydrogen-bond donors (Lipinski definition) is 2. The van der Waals surface area contributed by atoms with Crippen molar-refractivity contribution in [2.24, 2.45) is 5.73 Å². The molecule has 23 heavy (non-hydrogen) atoms. The number of nitrogens with one attached hydrogen (secondary N) is 1. The van der Waals surface area contributed by atoms with Crippen LogP contribution in [-0.2, 0) is 12.8 Å². The quantitative estimate of drug-likeness (QED) is 0.903. The first-order valence-corrected chi connectivity index (χ1v) is 8.00. The number of anilines is 1. The van der Waals surface area contributed by atoms with E-state index in [9.17, 15) is 18.4 Å². The van der Waals surface area contributed by atoms with Gasteiger partial charge in [0.2, 0.25) is 0 Å². The van der Waals surface area contributed by atoms with E-state index >= 15 is 0 Å². The van der Waals surface area contributed by atoms with Crippen molar-refractivity contribution in [3.63, 3.8) is 0 Å². The fraction of sp³-hybridized carbons (Fsp3) is 0.250. The fourth-order valence-electron chi connectivity index (χ4n) is 2.79. The number of rotatable bonds is 3. The van der Waals surface area contributed by atoms with Gasteiger partial charge in [-0.3, -0.25) is 9.59 Å². The molecule has 2 aromatic rings. The highest BCUT2D eigenvalue weighted by molar-refractivity contribution is 7.17. The highest BCUT2D eigenvalue weighted by atomic mass is 32.1. The van der Waals surface area contributed by atoms with Crippen LogP contribution in [0.2, 0.25) is 0 Å². The van der Waals surface area contributed by atoms with E-state index in [-0.39, 0.29) is 10.6 Å². The van der Waals surface area contributed by atoms with Gasteiger partial charge in [0, 0.05) is 4.88 Å². The number of thiophene rings is 1. The molecule has 0 saturated carbocycles. The van der Waals surface area contributed by atoms with Crippen LogP contribution in [0, 0.1) is 11.6 Å². The number of fused-ring (bicyclic) bond motifs is 1. The molecule has 3 N–H and O–H groups in total. The van der Waals surface area contributed by atoms with Gasteiger partial charge in [-0.15, -0.1) is 11.3 Å². The minimum absolute atomic E-state index is 0.259. The topological polar surface area (TPSA) is 72.2 Å². The molecule has 4 nitrogen and oxygen atoms in total. The standard InChI is InChI=1S/C16H14F2N2O2S/c17-9-5-3-6-10(18)13(9)15(22)20-16-12(14(19)21)8-4-1-2-7-11(8)23-16/h3,5-6H,1-2,4,7H2,(H2,19,21)(H,20,22). The summed E-state index contributed by atoms with van der Waals surface area (Å²) in [5.41, 5.74) is 5.86. The van der Waals surface area contributed by atoms with Crippen molar-refractivity contribution in [1.82, 2.24) is 0 Å². The molecule has 3 rings (SSSR count). The van der Waals surface area contributed by atoms with Crippen LogP contribution in [0.25, 0.3) is 0 Å². The summed E-state index contributed by atoms with van der Waals surface area (Å²) in [5, 5.41) is 2.71. The number of nitrogens with two attached hydrogens (primary N) is 1. The van der Waals surface area contributed by atoms with E-state index in [1.54, 1.807) is 0 Å². The maximum Gasteiger partial charge on any atom is 0.262 e. The molecule has 7 heteroatoms. The summed E-state index contributed by atoms with van der Waals surface area (Å²) >= 11 is 1.25. The molecule has 120 valence electrons. The van der Waals surface area contributed by atoms with Crippen molar-refractivity contribution in [1.29, 1.82) is 0 Å².